The number of hydrogen-bond acceptors (Lipinski definition) is 10. The van der Waals surface area contributed by atoms with E-state index in [1.807, 2.05) is 32.6 Å². The van der Waals surface area contributed by atoms with Crippen LogP contribution in [0.1, 0.15) is 89.8 Å². The van der Waals surface area contributed by atoms with E-state index >= 15 is 8.78 Å². The van der Waals surface area contributed by atoms with Crippen molar-refractivity contribution in [2.75, 3.05) is 45.0 Å². The number of methoxy groups -OCH3 is 1. The number of halogens is 3. The highest BCUT2D eigenvalue weighted by Crippen LogP contribution is 2.48. The molecular formula is C44H49F3N6O5. The molecule has 1 amide bonds. The molecule has 11 nitrogen and oxygen atoms in total. The highest BCUT2D eigenvalue weighted by Gasteiger charge is 2.52. The molecule has 4 fully saturated rings. The molecule has 2 aromatic heterocycles. The Labute approximate surface area is 336 Å². The van der Waals surface area contributed by atoms with E-state index < -0.39 is 28.9 Å². The minimum atomic E-state index is -0.960. The molecule has 0 saturated carbocycles. The fourth-order valence-electron chi connectivity index (χ4n) is 10.4. The third-order valence-corrected chi connectivity index (χ3v) is 12.8. The number of benzene rings is 2. The molecule has 7 heterocycles. The van der Waals surface area contributed by atoms with Gasteiger partial charge < -0.3 is 23.8 Å². The van der Waals surface area contributed by atoms with E-state index in [1.54, 1.807) is 18.2 Å². The molecule has 5 aliphatic heterocycles. The first kappa shape index (κ1) is 38.6. The summed E-state index contributed by atoms with van der Waals surface area (Å²) in [5.74, 6) is 1.73. The van der Waals surface area contributed by atoms with Crippen LogP contribution in [-0.2, 0) is 9.47 Å². The van der Waals surface area contributed by atoms with Crippen LogP contribution in [0.15, 0.2) is 24.3 Å². The predicted molar refractivity (Wildman–Crippen MR) is 213 cm³/mol. The highest BCUT2D eigenvalue weighted by atomic mass is 19.1. The van der Waals surface area contributed by atoms with Crippen molar-refractivity contribution in [3.63, 3.8) is 0 Å². The Morgan fingerprint density at radius 1 is 1.03 bits per heavy atom. The second-order valence-electron chi connectivity index (χ2n) is 17.6. The van der Waals surface area contributed by atoms with Gasteiger partial charge in [0.05, 0.1) is 40.3 Å². The molecule has 0 aliphatic carbocycles. The van der Waals surface area contributed by atoms with Gasteiger partial charge in [-0.3, -0.25) is 9.80 Å². The zero-order valence-corrected chi connectivity index (χ0v) is 33.6. The van der Waals surface area contributed by atoms with Gasteiger partial charge in [-0.25, -0.2) is 22.9 Å². The van der Waals surface area contributed by atoms with Gasteiger partial charge in [-0.2, -0.15) is 9.97 Å². The quantitative estimate of drug-likeness (QED) is 0.136. The number of amides is 1. The molecule has 5 aliphatic rings. The summed E-state index contributed by atoms with van der Waals surface area (Å²) in [6, 6.07) is 5.66. The average Bonchev–Trinajstić information content (AvgIpc) is 3.83. The zero-order chi connectivity index (χ0) is 40.7. The van der Waals surface area contributed by atoms with Gasteiger partial charge in [0.2, 0.25) is 0 Å². The summed E-state index contributed by atoms with van der Waals surface area (Å²) >= 11 is 0. The lowest BCUT2D eigenvalue weighted by atomic mass is 9.87. The predicted octanol–water partition coefficient (Wildman–Crippen LogP) is 7.90. The lowest BCUT2D eigenvalue weighted by Crippen LogP contribution is -2.62. The van der Waals surface area contributed by atoms with Gasteiger partial charge in [0, 0.05) is 37.6 Å². The van der Waals surface area contributed by atoms with Gasteiger partial charge >= 0.3 is 12.1 Å². The topological polar surface area (TPSA) is 102 Å². The summed E-state index contributed by atoms with van der Waals surface area (Å²) in [7, 11) is 1.49. The van der Waals surface area contributed by atoms with Crippen LogP contribution in [-0.4, -0.2) is 106 Å². The van der Waals surface area contributed by atoms with E-state index in [-0.39, 0.29) is 71.9 Å². The van der Waals surface area contributed by atoms with Crippen molar-refractivity contribution in [2.45, 2.75) is 114 Å². The smallest absolute Gasteiger partial charge is 0.410 e. The van der Waals surface area contributed by atoms with Crippen LogP contribution in [0.25, 0.3) is 32.9 Å². The molecule has 0 unspecified atom stereocenters. The first-order chi connectivity index (χ1) is 27.8. The number of hydrogen-bond donors (Lipinski definition) is 0. The number of carbonyl (C=O) groups is 1. The molecule has 0 spiro atoms. The monoisotopic (exact) mass is 798 g/mol. The van der Waals surface area contributed by atoms with Crippen LogP contribution in [0.2, 0.25) is 0 Å². The third kappa shape index (κ3) is 6.45. The lowest BCUT2D eigenvalue weighted by molar-refractivity contribution is 0.00692. The Bertz CT molecular complexity index is 2350. The summed E-state index contributed by atoms with van der Waals surface area (Å²) in [5.41, 5.74) is -0.422. The van der Waals surface area contributed by atoms with Gasteiger partial charge in [0.1, 0.15) is 47.0 Å². The number of terminal acetylenes is 1. The van der Waals surface area contributed by atoms with Crippen LogP contribution in [0.3, 0.4) is 0 Å². The van der Waals surface area contributed by atoms with E-state index in [0.29, 0.717) is 65.8 Å². The number of piperazine rings is 1. The molecule has 6 atom stereocenters. The minimum Gasteiger partial charge on any atom is -0.468 e. The summed E-state index contributed by atoms with van der Waals surface area (Å²) < 4.78 is 71.4. The highest BCUT2D eigenvalue weighted by molar-refractivity contribution is 6.03. The number of rotatable bonds is 7. The number of anilines is 1. The number of ether oxygens (including phenoxy) is 4. The zero-order valence-electron chi connectivity index (χ0n) is 33.6. The Hall–Kier alpha value is -4.87. The molecule has 4 saturated heterocycles. The minimum absolute atomic E-state index is 0.00000977. The van der Waals surface area contributed by atoms with E-state index in [0.717, 1.165) is 32.2 Å². The van der Waals surface area contributed by atoms with E-state index in [1.165, 1.54) is 13.2 Å². The molecule has 14 heteroatoms. The number of carbonyl (C=O) groups excluding carboxylic acids is 1. The first-order valence-corrected chi connectivity index (χ1v) is 20.3. The van der Waals surface area contributed by atoms with Crippen LogP contribution in [0.4, 0.5) is 23.8 Å². The molecule has 0 N–H and O–H groups in total. The Balaban J connectivity index is 1.24. The normalized spacial score (nSPS) is 26.6. The van der Waals surface area contributed by atoms with Crippen LogP contribution in [0.5, 0.6) is 11.8 Å². The maximum Gasteiger partial charge on any atom is 0.410 e. The maximum atomic E-state index is 17.8. The van der Waals surface area contributed by atoms with Crippen molar-refractivity contribution in [2.24, 2.45) is 0 Å². The summed E-state index contributed by atoms with van der Waals surface area (Å²) in [5, 5.41) is 1.30. The van der Waals surface area contributed by atoms with Crippen molar-refractivity contribution < 1.29 is 36.9 Å². The van der Waals surface area contributed by atoms with Crippen LogP contribution in [0, 0.1) is 24.0 Å². The fourth-order valence-corrected chi connectivity index (χ4v) is 10.4. The third-order valence-electron chi connectivity index (χ3n) is 12.8. The second-order valence-corrected chi connectivity index (χ2v) is 17.6. The van der Waals surface area contributed by atoms with Crippen molar-refractivity contribution in [1.29, 1.82) is 0 Å². The van der Waals surface area contributed by atoms with Crippen molar-refractivity contribution in [1.82, 2.24) is 24.8 Å². The van der Waals surface area contributed by atoms with Gasteiger partial charge in [0.25, 0.3) is 0 Å². The van der Waals surface area contributed by atoms with Gasteiger partial charge in [-0.15, -0.1) is 6.42 Å². The van der Waals surface area contributed by atoms with Crippen molar-refractivity contribution in [3.05, 3.63) is 47.2 Å². The summed E-state index contributed by atoms with van der Waals surface area (Å²) in [6.07, 6.45) is 9.59. The van der Waals surface area contributed by atoms with E-state index in [4.69, 9.17) is 40.3 Å². The summed E-state index contributed by atoms with van der Waals surface area (Å²) in [6.45, 7) is 9.30. The number of fused-ring (bicyclic) bond motifs is 7. The maximum absolute atomic E-state index is 17.8. The molecule has 58 heavy (non-hydrogen) atoms. The number of pyridine rings is 1. The lowest BCUT2D eigenvalue weighted by Gasteiger charge is -2.48. The molecule has 2 bridgehead atoms. The number of alkyl halides is 1. The fraction of sp³-hybridized carbons (Fsp3) is 0.545. The summed E-state index contributed by atoms with van der Waals surface area (Å²) in [4.78, 5) is 34.9. The Morgan fingerprint density at radius 3 is 2.62 bits per heavy atom. The second kappa shape index (κ2) is 14.4. The largest absolute Gasteiger partial charge is 0.468 e. The van der Waals surface area contributed by atoms with E-state index in [2.05, 4.69) is 15.7 Å². The molecule has 4 aromatic rings. The van der Waals surface area contributed by atoms with Crippen LogP contribution >= 0.6 is 0 Å². The van der Waals surface area contributed by atoms with Gasteiger partial charge in [0.15, 0.2) is 12.6 Å². The number of aromatic nitrogens is 3. The number of nitrogens with zero attached hydrogens (tertiary/aromatic N) is 6. The Morgan fingerprint density at radius 2 is 1.84 bits per heavy atom. The SMILES string of the molecule is C#Cc1c(F)ccc2cc(OCOC)cc(-c3nc4c5c(nc(OC[C@@]67CCCN6C[C@H](F)C7)nc5c3F)N3C[C@H]5CC[C@@H]([C@H]3CC[C@H]4C)N5C(=O)OC(C)(C)C)c12. The molecule has 9 rings (SSSR count). The molecule has 0 radical (unpaired) electrons. The Kier molecular flexibility index (Phi) is 9.62. The molecule has 2 aromatic carbocycles. The van der Waals surface area contributed by atoms with Crippen molar-refractivity contribution in [3.8, 4) is 35.4 Å². The van der Waals surface area contributed by atoms with Crippen molar-refractivity contribution >= 4 is 33.6 Å². The average molecular weight is 799 g/mol. The molecule has 306 valence electrons. The molecular weight excluding hydrogens is 750 g/mol. The van der Waals surface area contributed by atoms with Gasteiger partial charge in [-0.1, -0.05) is 18.9 Å². The van der Waals surface area contributed by atoms with E-state index in [9.17, 15) is 9.18 Å². The standard InChI is InChI=1S/C44H49F3N6O5/c1-7-29-31(46)12-10-25-17-28(57-23-55-6)18-30(34(25)29)38-36(47)39-35-37(48-38)24(2)9-13-32-33-14-11-27(53(33)42(54)58-43(3,4)5)21-52(32)40(35)50-41(49-39)56-22-44-15-8-16-51(44)20-26(45)19-44/h1,10,12,17-18,24,26-27,32-33H,8-9,11,13-16,19-23H2,2-6H3/t24-,26-,27-,32-,33+,44+/m1/s1. The van der Waals surface area contributed by atoms with Gasteiger partial charge in [-0.05, 0) is 95.3 Å². The first-order valence-electron chi connectivity index (χ1n) is 20.3. The van der Waals surface area contributed by atoms with Crippen LogP contribution < -0.4 is 14.4 Å².